The molecule has 0 aromatic carbocycles. The smallest absolute Gasteiger partial charge is 0.306 e. The number of esters is 2. The molecule has 0 aliphatic rings. The predicted molar refractivity (Wildman–Crippen MR) is 227 cm³/mol. The molecule has 55 heavy (non-hydrogen) atoms. The maximum atomic E-state index is 12.7. The summed E-state index contributed by atoms with van der Waals surface area (Å²) in [5.41, 5.74) is 0. The van der Waals surface area contributed by atoms with Crippen LogP contribution in [0, 0.1) is 0 Å². The van der Waals surface area contributed by atoms with Crippen molar-refractivity contribution in [1.29, 1.82) is 0 Å². The fourth-order valence-electron chi connectivity index (χ4n) is 6.71. The summed E-state index contributed by atoms with van der Waals surface area (Å²) in [6.07, 6.45) is 41.9. The number of rotatable bonds is 41. The number of carbonyl (C=O) groups is 3. The summed E-state index contributed by atoms with van der Waals surface area (Å²) in [6, 6.07) is -0.725. The molecule has 322 valence electrons. The number of nitrogens with zero attached hydrogens (tertiary/aromatic N) is 1. The molecule has 0 aliphatic heterocycles. The van der Waals surface area contributed by atoms with Crippen molar-refractivity contribution < 1.29 is 38.2 Å². The molecule has 0 aromatic rings. The molecule has 0 spiro atoms. The highest BCUT2D eigenvalue weighted by molar-refractivity contribution is 5.70. The van der Waals surface area contributed by atoms with E-state index in [0.29, 0.717) is 12.8 Å². The molecule has 0 rings (SSSR count). The average Bonchev–Trinajstić information content (AvgIpc) is 3.14. The Labute approximate surface area is 339 Å². The summed E-state index contributed by atoms with van der Waals surface area (Å²) in [5.74, 6) is -1.74. The Bertz CT molecular complexity index is 957. The zero-order valence-corrected chi connectivity index (χ0v) is 36.6. The minimum absolute atomic E-state index is 0.0392. The van der Waals surface area contributed by atoms with E-state index in [1.807, 2.05) is 0 Å². The molecule has 0 saturated carbocycles. The second-order valence-electron chi connectivity index (χ2n) is 16.6. The molecular weight excluding hydrogens is 691 g/mol. The first-order valence-electron chi connectivity index (χ1n) is 22.9. The van der Waals surface area contributed by atoms with Crippen molar-refractivity contribution in [3.05, 3.63) is 24.3 Å². The largest absolute Gasteiger partial charge is 0.544 e. The maximum absolute atomic E-state index is 12.7. The SMILES string of the molecule is CCCCCCC/C=C\CCCCCCCC(=O)OCC(COCCC(C(=O)[O-])[N+](C)(C)C)OC(=O)CCCCCCCCC/C=C\CCCCCCCC. The zero-order chi connectivity index (χ0) is 40.7. The second-order valence-corrected chi connectivity index (χ2v) is 16.6. The summed E-state index contributed by atoms with van der Waals surface area (Å²) in [7, 11) is 5.41. The van der Waals surface area contributed by atoms with Crippen molar-refractivity contribution in [2.45, 2.75) is 219 Å². The second kappa shape index (κ2) is 38.7. The summed E-state index contributed by atoms with van der Waals surface area (Å²) in [6.45, 7) is 4.65. The molecule has 0 aliphatic carbocycles. The van der Waals surface area contributed by atoms with Crippen LogP contribution in [0.3, 0.4) is 0 Å². The molecule has 0 amide bonds. The standard InChI is InChI=1S/C47H87NO7/c1-6-8-10-12-14-16-18-20-22-23-24-26-28-30-32-34-36-38-46(50)55-43(41-53-40-39-44(47(51)52)48(3,4)5)42-54-45(49)37-35-33-31-29-27-25-21-19-17-15-13-11-9-7-2/h19-22,43-44H,6-18,23-42H2,1-5H3/b21-19-,22-20-. The van der Waals surface area contributed by atoms with Crippen molar-refractivity contribution in [3.8, 4) is 0 Å². The highest BCUT2D eigenvalue weighted by atomic mass is 16.6. The normalized spacial score (nSPS) is 13.1. The number of unbranched alkanes of at least 4 members (excludes halogenated alkanes) is 23. The minimum Gasteiger partial charge on any atom is -0.544 e. The lowest BCUT2D eigenvalue weighted by Crippen LogP contribution is -2.55. The fourth-order valence-corrected chi connectivity index (χ4v) is 6.71. The van der Waals surface area contributed by atoms with Crippen LogP contribution in [0.2, 0.25) is 0 Å². The number of carbonyl (C=O) groups excluding carboxylic acids is 3. The molecule has 0 bridgehead atoms. The third-order valence-corrected chi connectivity index (χ3v) is 10.3. The Kier molecular flexibility index (Phi) is 37.1. The number of carboxylic acid groups (broad SMARTS) is 1. The minimum atomic E-state index is -1.13. The van der Waals surface area contributed by atoms with Gasteiger partial charge in [-0.05, 0) is 64.2 Å². The first-order chi connectivity index (χ1) is 26.6. The van der Waals surface area contributed by atoms with Crippen molar-refractivity contribution in [2.75, 3.05) is 41.0 Å². The third kappa shape index (κ3) is 37.2. The van der Waals surface area contributed by atoms with Gasteiger partial charge >= 0.3 is 11.9 Å². The van der Waals surface area contributed by atoms with E-state index in [1.54, 1.807) is 21.1 Å². The molecule has 0 saturated heterocycles. The van der Waals surface area contributed by atoms with Crippen molar-refractivity contribution in [1.82, 2.24) is 0 Å². The molecule has 0 N–H and O–H groups in total. The van der Waals surface area contributed by atoms with Crippen LogP contribution in [0.25, 0.3) is 0 Å². The van der Waals surface area contributed by atoms with Gasteiger partial charge in [-0.25, -0.2) is 0 Å². The highest BCUT2D eigenvalue weighted by Crippen LogP contribution is 2.14. The van der Waals surface area contributed by atoms with Crippen LogP contribution >= 0.6 is 0 Å². The van der Waals surface area contributed by atoms with E-state index >= 15 is 0 Å². The van der Waals surface area contributed by atoms with Gasteiger partial charge in [0.2, 0.25) is 0 Å². The number of hydrogen-bond acceptors (Lipinski definition) is 7. The lowest BCUT2D eigenvalue weighted by Gasteiger charge is -2.34. The number of aliphatic carboxylic acids is 1. The monoisotopic (exact) mass is 778 g/mol. The van der Waals surface area contributed by atoms with Gasteiger partial charge in [0, 0.05) is 19.3 Å². The molecule has 8 heteroatoms. The van der Waals surface area contributed by atoms with E-state index in [2.05, 4.69) is 38.2 Å². The van der Waals surface area contributed by atoms with Crippen molar-refractivity contribution in [3.63, 3.8) is 0 Å². The van der Waals surface area contributed by atoms with Crippen LogP contribution in [0.15, 0.2) is 24.3 Å². The van der Waals surface area contributed by atoms with Gasteiger partial charge in [-0.15, -0.1) is 0 Å². The molecule has 0 heterocycles. The number of quaternary nitrogens is 1. The van der Waals surface area contributed by atoms with Crippen LogP contribution in [0.1, 0.15) is 206 Å². The van der Waals surface area contributed by atoms with Gasteiger partial charge in [-0.3, -0.25) is 9.59 Å². The summed E-state index contributed by atoms with van der Waals surface area (Å²) >= 11 is 0. The van der Waals surface area contributed by atoms with E-state index in [4.69, 9.17) is 14.2 Å². The molecule has 0 aromatic heterocycles. The average molecular weight is 778 g/mol. The van der Waals surface area contributed by atoms with Gasteiger partial charge in [-0.1, -0.05) is 147 Å². The maximum Gasteiger partial charge on any atom is 0.306 e. The van der Waals surface area contributed by atoms with Crippen molar-refractivity contribution >= 4 is 17.9 Å². The quantitative estimate of drug-likeness (QED) is 0.0264. The van der Waals surface area contributed by atoms with Gasteiger partial charge in [0.1, 0.15) is 12.6 Å². The summed E-state index contributed by atoms with van der Waals surface area (Å²) in [4.78, 5) is 36.9. The molecule has 0 fully saturated rings. The van der Waals surface area contributed by atoms with E-state index in [9.17, 15) is 19.5 Å². The van der Waals surface area contributed by atoms with Crippen molar-refractivity contribution in [2.24, 2.45) is 0 Å². The van der Waals surface area contributed by atoms with Crippen LogP contribution in [0.4, 0.5) is 0 Å². The topological polar surface area (TPSA) is 102 Å². The summed E-state index contributed by atoms with van der Waals surface area (Å²) in [5, 5.41) is 11.6. The van der Waals surface area contributed by atoms with Crippen LogP contribution < -0.4 is 5.11 Å². The van der Waals surface area contributed by atoms with Gasteiger partial charge in [0.05, 0.1) is 40.3 Å². The number of hydrogen-bond donors (Lipinski definition) is 0. The Morgan fingerprint density at radius 3 is 1.31 bits per heavy atom. The van der Waals surface area contributed by atoms with Gasteiger partial charge in [-0.2, -0.15) is 0 Å². The molecule has 8 nitrogen and oxygen atoms in total. The molecular formula is C47H87NO7. The zero-order valence-electron chi connectivity index (χ0n) is 36.6. The Morgan fingerprint density at radius 1 is 0.527 bits per heavy atom. The third-order valence-electron chi connectivity index (χ3n) is 10.3. The van der Waals surface area contributed by atoms with E-state index in [0.717, 1.165) is 51.4 Å². The Balaban J connectivity index is 4.33. The predicted octanol–water partition coefficient (Wildman–Crippen LogP) is 11.1. The van der Waals surface area contributed by atoms with E-state index < -0.39 is 18.1 Å². The lowest BCUT2D eigenvalue weighted by molar-refractivity contribution is -0.889. The molecule has 0 radical (unpaired) electrons. The number of carboxylic acids is 1. The Morgan fingerprint density at radius 2 is 0.909 bits per heavy atom. The van der Waals surface area contributed by atoms with Crippen LogP contribution in [-0.2, 0) is 28.6 Å². The number of ether oxygens (including phenoxy) is 3. The first-order valence-corrected chi connectivity index (χ1v) is 22.9. The van der Waals surface area contributed by atoms with Gasteiger partial charge < -0.3 is 28.6 Å². The van der Waals surface area contributed by atoms with E-state index in [1.165, 1.54) is 122 Å². The lowest BCUT2D eigenvalue weighted by atomic mass is 10.1. The molecule has 2 atom stereocenters. The Hall–Kier alpha value is -2.19. The van der Waals surface area contributed by atoms with E-state index in [-0.39, 0.29) is 42.7 Å². The van der Waals surface area contributed by atoms with Gasteiger partial charge in [0.15, 0.2) is 6.10 Å². The number of allylic oxidation sites excluding steroid dienone is 4. The van der Waals surface area contributed by atoms with Crippen LogP contribution in [0.5, 0.6) is 0 Å². The van der Waals surface area contributed by atoms with Gasteiger partial charge in [0.25, 0.3) is 0 Å². The number of likely N-dealkylation sites (N-methyl/N-ethyl adjacent to an activating group) is 1. The summed E-state index contributed by atoms with van der Waals surface area (Å²) < 4.78 is 17.2. The van der Waals surface area contributed by atoms with Crippen LogP contribution in [-0.4, -0.2) is 75.5 Å². The first kappa shape index (κ1) is 52.8. The fraction of sp³-hybridized carbons (Fsp3) is 0.851. The molecule has 2 unspecified atom stereocenters. The highest BCUT2D eigenvalue weighted by Gasteiger charge is 2.25.